The third-order valence-corrected chi connectivity index (χ3v) is 5.92. The predicted molar refractivity (Wildman–Crippen MR) is 122 cm³/mol. The Bertz CT molecular complexity index is 908. The minimum Gasteiger partial charge on any atom is -0.462 e. The fourth-order valence-electron chi connectivity index (χ4n) is 4.15. The molecule has 184 valence electrons. The summed E-state index contributed by atoms with van der Waals surface area (Å²) in [5.74, 6) is -2.16. The van der Waals surface area contributed by atoms with Crippen molar-refractivity contribution in [1.82, 2.24) is 0 Å². The Morgan fingerprint density at radius 1 is 0.971 bits per heavy atom. The van der Waals surface area contributed by atoms with Crippen LogP contribution in [0.5, 0.6) is 0 Å². The molecule has 2 heterocycles. The number of hydrogen-bond acceptors (Lipinski definition) is 8. The smallest absolute Gasteiger partial charge is 0.366 e. The van der Waals surface area contributed by atoms with E-state index in [1.165, 1.54) is 0 Å². The molecule has 0 aliphatic carbocycles. The summed E-state index contributed by atoms with van der Waals surface area (Å²) in [6.45, 7) is 4.29. The van der Waals surface area contributed by atoms with Crippen LogP contribution < -0.4 is 0 Å². The van der Waals surface area contributed by atoms with Gasteiger partial charge in [0.1, 0.15) is 24.4 Å². The first-order valence-corrected chi connectivity index (χ1v) is 11.5. The van der Waals surface area contributed by atoms with Gasteiger partial charge in [0.2, 0.25) is 0 Å². The molecule has 0 N–H and O–H groups in total. The van der Waals surface area contributed by atoms with Crippen LogP contribution in [0.15, 0.2) is 60.7 Å². The lowest BCUT2D eigenvalue weighted by Gasteiger charge is -2.50. The number of methoxy groups -OCH3 is 1. The van der Waals surface area contributed by atoms with Gasteiger partial charge in [-0.2, -0.15) is 0 Å². The van der Waals surface area contributed by atoms with Crippen molar-refractivity contribution in [3.63, 3.8) is 0 Å². The van der Waals surface area contributed by atoms with E-state index in [1.807, 2.05) is 60.7 Å². The second-order valence-electron chi connectivity index (χ2n) is 8.36. The lowest BCUT2D eigenvalue weighted by Crippen LogP contribution is -2.67. The van der Waals surface area contributed by atoms with E-state index in [1.54, 1.807) is 21.0 Å². The van der Waals surface area contributed by atoms with Crippen LogP contribution in [-0.2, 0) is 51.2 Å². The van der Waals surface area contributed by atoms with Crippen LogP contribution in [0.3, 0.4) is 0 Å². The van der Waals surface area contributed by atoms with E-state index in [2.05, 4.69) is 0 Å². The number of benzene rings is 2. The molecule has 0 saturated carbocycles. The SMILES string of the molecule is CCOC(=O)[C@]1(C)OC[C@H]2O[C@@H](OC)[C@H](OCc3ccccc3)[C@@H](OCc3ccccc3)[C@H]2O1. The Balaban J connectivity index is 1.58. The summed E-state index contributed by atoms with van der Waals surface area (Å²) in [7, 11) is 1.56. The summed E-state index contributed by atoms with van der Waals surface area (Å²) in [5.41, 5.74) is 2.01. The largest absolute Gasteiger partial charge is 0.462 e. The first kappa shape index (κ1) is 24.8. The Morgan fingerprint density at radius 2 is 1.56 bits per heavy atom. The predicted octanol–water partition coefficient (Wildman–Crippen LogP) is 3.22. The molecule has 0 unspecified atom stereocenters. The average molecular weight is 473 g/mol. The highest BCUT2D eigenvalue weighted by atomic mass is 16.8. The van der Waals surface area contributed by atoms with E-state index in [-0.39, 0.29) is 13.2 Å². The van der Waals surface area contributed by atoms with Gasteiger partial charge in [-0.05, 0) is 18.1 Å². The van der Waals surface area contributed by atoms with Crippen molar-refractivity contribution in [2.24, 2.45) is 0 Å². The van der Waals surface area contributed by atoms with Gasteiger partial charge >= 0.3 is 5.97 Å². The van der Waals surface area contributed by atoms with Crippen LogP contribution in [0.25, 0.3) is 0 Å². The van der Waals surface area contributed by atoms with E-state index in [4.69, 9.17) is 33.2 Å². The molecule has 8 nitrogen and oxygen atoms in total. The van der Waals surface area contributed by atoms with E-state index < -0.39 is 42.5 Å². The van der Waals surface area contributed by atoms with Gasteiger partial charge < -0.3 is 33.2 Å². The Morgan fingerprint density at radius 3 is 2.12 bits per heavy atom. The molecule has 0 aromatic heterocycles. The van der Waals surface area contributed by atoms with Crippen molar-refractivity contribution in [2.75, 3.05) is 20.3 Å². The minimum atomic E-state index is -1.57. The van der Waals surface area contributed by atoms with Crippen LogP contribution in [0.2, 0.25) is 0 Å². The van der Waals surface area contributed by atoms with Gasteiger partial charge in [0.15, 0.2) is 6.29 Å². The quantitative estimate of drug-likeness (QED) is 0.515. The highest BCUT2D eigenvalue weighted by Gasteiger charge is 2.56. The normalized spacial score (nSPS) is 31.0. The second-order valence-corrected chi connectivity index (χ2v) is 8.36. The molecule has 2 aliphatic heterocycles. The van der Waals surface area contributed by atoms with Crippen molar-refractivity contribution in [2.45, 2.75) is 63.6 Å². The molecule has 4 rings (SSSR count). The van der Waals surface area contributed by atoms with Gasteiger partial charge in [0.25, 0.3) is 5.79 Å². The van der Waals surface area contributed by atoms with Crippen molar-refractivity contribution in [3.05, 3.63) is 71.8 Å². The molecule has 2 aromatic carbocycles. The summed E-state index contributed by atoms with van der Waals surface area (Å²) in [4.78, 5) is 12.6. The maximum Gasteiger partial charge on any atom is 0.366 e. The van der Waals surface area contributed by atoms with Gasteiger partial charge in [0, 0.05) is 14.0 Å². The summed E-state index contributed by atoms with van der Waals surface area (Å²) < 4.78 is 41.5. The van der Waals surface area contributed by atoms with E-state index in [0.29, 0.717) is 13.2 Å². The monoisotopic (exact) mass is 472 g/mol. The summed E-state index contributed by atoms with van der Waals surface area (Å²) in [5, 5.41) is 0. The molecule has 2 saturated heterocycles. The molecule has 0 amide bonds. The zero-order chi connectivity index (χ0) is 24.0. The molecule has 34 heavy (non-hydrogen) atoms. The van der Waals surface area contributed by atoms with Gasteiger partial charge in [-0.25, -0.2) is 4.79 Å². The standard InChI is InChI=1S/C26H32O8/c1-4-29-25(27)26(2)32-17-20-21(34-26)22(30-15-18-11-7-5-8-12-18)23(24(28-3)33-20)31-16-19-13-9-6-10-14-19/h5-14,20-24H,4,15-17H2,1-3H3/t20-,21+,22+,23-,24-,26-/m1/s1. The Kier molecular flexibility index (Phi) is 8.31. The number of ether oxygens (including phenoxy) is 7. The molecular weight excluding hydrogens is 440 g/mol. The third kappa shape index (κ3) is 5.66. The van der Waals surface area contributed by atoms with Crippen LogP contribution in [0, 0.1) is 0 Å². The molecular formula is C26H32O8. The second kappa shape index (κ2) is 11.4. The maximum atomic E-state index is 12.6. The van der Waals surface area contributed by atoms with Crippen LogP contribution in [0.1, 0.15) is 25.0 Å². The molecule has 0 spiro atoms. The summed E-state index contributed by atoms with van der Waals surface area (Å²) in [6.07, 6.45) is -3.06. The van der Waals surface area contributed by atoms with E-state index in [9.17, 15) is 4.79 Å². The highest BCUT2D eigenvalue weighted by Crippen LogP contribution is 2.36. The van der Waals surface area contributed by atoms with E-state index in [0.717, 1.165) is 11.1 Å². The summed E-state index contributed by atoms with van der Waals surface area (Å²) >= 11 is 0. The Hall–Kier alpha value is -2.33. The van der Waals surface area contributed by atoms with Crippen LogP contribution in [0.4, 0.5) is 0 Å². The maximum absolute atomic E-state index is 12.6. The van der Waals surface area contributed by atoms with Gasteiger partial charge in [-0.3, -0.25) is 0 Å². The molecule has 2 aliphatic rings. The van der Waals surface area contributed by atoms with Crippen molar-refractivity contribution in [3.8, 4) is 0 Å². The van der Waals surface area contributed by atoms with Gasteiger partial charge in [0.05, 0.1) is 26.4 Å². The zero-order valence-corrected chi connectivity index (χ0v) is 19.8. The van der Waals surface area contributed by atoms with Crippen molar-refractivity contribution < 1.29 is 38.0 Å². The fraction of sp³-hybridized carbons (Fsp3) is 0.500. The average Bonchev–Trinajstić information content (AvgIpc) is 2.87. The molecule has 0 bridgehead atoms. The molecule has 8 heteroatoms. The molecule has 6 atom stereocenters. The first-order valence-electron chi connectivity index (χ1n) is 11.5. The number of fused-ring (bicyclic) bond motifs is 1. The number of hydrogen-bond donors (Lipinski definition) is 0. The topological polar surface area (TPSA) is 81.7 Å². The minimum absolute atomic E-state index is 0.121. The lowest BCUT2D eigenvalue weighted by molar-refractivity contribution is -0.385. The fourth-order valence-corrected chi connectivity index (χ4v) is 4.15. The Labute approximate surface area is 200 Å². The van der Waals surface area contributed by atoms with E-state index >= 15 is 0 Å². The highest BCUT2D eigenvalue weighted by molar-refractivity contribution is 5.77. The molecule has 2 fully saturated rings. The van der Waals surface area contributed by atoms with Crippen molar-refractivity contribution >= 4 is 5.97 Å². The van der Waals surface area contributed by atoms with Crippen molar-refractivity contribution in [1.29, 1.82) is 0 Å². The van der Waals surface area contributed by atoms with Gasteiger partial charge in [-0.15, -0.1) is 0 Å². The van der Waals surface area contributed by atoms with Gasteiger partial charge in [-0.1, -0.05) is 60.7 Å². The summed E-state index contributed by atoms with van der Waals surface area (Å²) in [6, 6.07) is 19.7. The molecule has 2 aromatic rings. The lowest BCUT2D eigenvalue weighted by atomic mass is 9.96. The number of esters is 1. The number of carbonyl (C=O) groups is 1. The first-order chi connectivity index (χ1) is 16.5. The molecule has 0 radical (unpaired) electrons. The number of carbonyl (C=O) groups excluding carboxylic acids is 1. The third-order valence-electron chi connectivity index (χ3n) is 5.92. The van der Waals surface area contributed by atoms with Crippen LogP contribution in [-0.4, -0.2) is 62.8 Å². The zero-order valence-electron chi connectivity index (χ0n) is 19.8. The van der Waals surface area contributed by atoms with Crippen LogP contribution >= 0.6 is 0 Å². The number of rotatable bonds is 9.